The van der Waals surface area contributed by atoms with Gasteiger partial charge in [0.25, 0.3) is 0 Å². The number of fused-ring (bicyclic) bond motifs is 8. The van der Waals surface area contributed by atoms with E-state index in [2.05, 4.69) is 195 Å². The molecule has 4 aliphatic carbocycles. The Morgan fingerprint density at radius 1 is 0.398 bits per heavy atom. The molecule has 4 saturated heterocycles. The fraction of sp³-hybridized carbons (Fsp3) is 0.629. The van der Waals surface area contributed by atoms with E-state index in [0.29, 0.717) is 10.8 Å². The van der Waals surface area contributed by atoms with Crippen molar-refractivity contribution in [2.75, 3.05) is 78.5 Å². The number of hydrogen-bond donors (Lipinski definition) is 5. The molecule has 4 amide bonds. The molecule has 0 saturated carbocycles. The Morgan fingerprint density at radius 3 is 0.990 bits per heavy atom. The van der Waals surface area contributed by atoms with E-state index in [1.54, 1.807) is 27.7 Å². The van der Waals surface area contributed by atoms with Gasteiger partial charge in [-0.2, -0.15) is 0 Å². The van der Waals surface area contributed by atoms with Crippen LogP contribution < -0.4 is 21.3 Å². The third-order valence-corrected chi connectivity index (χ3v) is 25.1. The van der Waals surface area contributed by atoms with Crippen LogP contribution in [0.4, 0.5) is 0 Å². The number of hydrogen-bond acceptors (Lipinski definition) is 9. The molecule has 14 nitrogen and oxygen atoms in total. The average Bonchev–Trinajstić information content (AvgIpc) is 1.21. The highest BCUT2D eigenvalue weighted by Crippen LogP contribution is 2.54. The van der Waals surface area contributed by atoms with Gasteiger partial charge in [0.05, 0.1) is 30.7 Å². The Labute approximate surface area is 625 Å². The summed E-state index contributed by atoms with van der Waals surface area (Å²) in [4.78, 5) is 67.2. The zero-order chi connectivity index (χ0) is 73.9. The number of rotatable bonds is 21. The van der Waals surface area contributed by atoms with E-state index >= 15 is 0 Å². The van der Waals surface area contributed by atoms with Crippen molar-refractivity contribution in [2.45, 2.75) is 264 Å². The van der Waals surface area contributed by atoms with Crippen molar-refractivity contribution in [3.63, 3.8) is 0 Å². The number of amides is 4. The van der Waals surface area contributed by atoms with Gasteiger partial charge >= 0.3 is 5.97 Å². The highest BCUT2D eigenvalue weighted by molar-refractivity contribution is 5.75. The molecule has 4 aliphatic heterocycles. The van der Waals surface area contributed by atoms with E-state index in [0.717, 1.165) is 69.4 Å². The van der Waals surface area contributed by atoms with Crippen molar-refractivity contribution in [1.29, 1.82) is 0 Å². The minimum absolute atomic E-state index is 0. The fourth-order valence-electron chi connectivity index (χ4n) is 19.1. The van der Waals surface area contributed by atoms with E-state index in [9.17, 15) is 24.0 Å². The molecule has 4 aromatic carbocycles. The molecule has 4 heterocycles. The van der Waals surface area contributed by atoms with Crippen LogP contribution in [0, 0.1) is 17.8 Å². The Bertz CT molecular complexity index is 3500. The number of nitrogens with one attached hydrogen (secondary N) is 4. The van der Waals surface area contributed by atoms with Gasteiger partial charge in [-0.15, -0.1) is 0 Å². The van der Waals surface area contributed by atoms with Crippen LogP contribution in [0.25, 0.3) is 0 Å². The molecule has 0 bridgehead atoms. The van der Waals surface area contributed by atoms with Crippen molar-refractivity contribution < 1.29 is 33.4 Å². The van der Waals surface area contributed by atoms with E-state index in [-0.39, 0.29) is 69.5 Å². The van der Waals surface area contributed by atoms with Gasteiger partial charge in [-0.25, -0.2) is 0 Å². The molecular formula is C89H138N8O6. The summed E-state index contributed by atoms with van der Waals surface area (Å²) in [6.07, 6.45) is 29.6. The van der Waals surface area contributed by atoms with Crippen molar-refractivity contribution >= 4 is 29.6 Å². The lowest BCUT2D eigenvalue weighted by Gasteiger charge is -2.47. The zero-order valence-electron chi connectivity index (χ0n) is 65.5. The SMILES string of the molecule is CC(=O)N[C@H]1CC2(CCN(CC(=O)O)CC2)c2ccccc21.CC(=O)N[C@H]1CC2(CCN(CCC(C)CCC=C(C)C)CC2)c2ccccc21.CC(=O)N[C@H]1CCC2(CCN(CCC(C)C)CC2)c2ccccc21.CC(=O)N[C@H]1CCC2(CCN(CCC(C)CCC=C(C)C)CC2)c2ccccc21.[HH].[HH].[HH]. The van der Waals surface area contributed by atoms with E-state index < -0.39 is 5.97 Å². The number of carboxylic acid groups (broad SMARTS) is 1. The summed E-state index contributed by atoms with van der Waals surface area (Å²) >= 11 is 0. The zero-order valence-corrected chi connectivity index (χ0v) is 65.5. The maximum absolute atomic E-state index is 11.7. The summed E-state index contributed by atoms with van der Waals surface area (Å²) in [5, 5.41) is 21.5. The number of nitrogens with zero attached hydrogens (tertiary/aromatic N) is 4. The van der Waals surface area contributed by atoms with Crippen LogP contribution in [0.5, 0.6) is 0 Å². The lowest BCUT2D eigenvalue weighted by atomic mass is 9.63. The van der Waals surface area contributed by atoms with E-state index in [4.69, 9.17) is 5.11 Å². The van der Waals surface area contributed by atoms with Gasteiger partial charge in [0.15, 0.2) is 0 Å². The molecular weight excluding hydrogens is 1280 g/mol. The second kappa shape index (κ2) is 37.7. The smallest absolute Gasteiger partial charge is 0.317 e. The third-order valence-electron chi connectivity index (χ3n) is 25.1. The molecule has 6 atom stereocenters. The number of likely N-dealkylation sites (tertiary alicyclic amines) is 4. The molecule has 0 radical (unpaired) electrons. The van der Waals surface area contributed by atoms with Crippen molar-refractivity contribution in [3.8, 4) is 0 Å². The average molecular weight is 1420 g/mol. The summed E-state index contributed by atoms with van der Waals surface area (Å²) in [7, 11) is 0. The van der Waals surface area contributed by atoms with Crippen LogP contribution >= 0.6 is 0 Å². The predicted molar refractivity (Wildman–Crippen MR) is 427 cm³/mol. The quantitative estimate of drug-likeness (QED) is 0.0507. The molecule has 0 aromatic heterocycles. The molecule has 5 N–H and O–H groups in total. The Balaban J connectivity index is 0.000000220. The number of piperidine rings is 4. The molecule has 570 valence electrons. The lowest BCUT2D eigenvalue weighted by Crippen LogP contribution is -2.46. The number of allylic oxidation sites excluding steroid dienone is 4. The van der Waals surface area contributed by atoms with Gasteiger partial charge in [0.1, 0.15) is 0 Å². The van der Waals surface area contributed by atoms with Gasteiger partial charge < -0.3 is 41.1 Å². The topological polar surface area (TPSA) is 167 Å². The first-order chi connectivity index (χ1) is 49.3. The van der Waals surface area contributed by atoms with E-state index in [1.807, 2.05) is 11.0 Å². The molecule has 4 fully saturated rings. The van der Waals surface area contributed by atoms with Crippen LogP contribution in [-0.4, -0.2) is 133 Å². The molecule has 14 heteroatoms. The first kappa shape index (κ1) is 80.6. The number of carbonyl (C=O) groups excluding carboxylic acids is 4. The third kappa shape index (κ3) is 22.1. The van der Waals surface area contributed by atoms with Crippen molar-refractivity contribution in [3.05, 3.63) is 165 Å². The molecule has 4 aromatic rings. The Morgan fingerprint density at radius 2 is 0.680 bits per heavy atom. The highest BCUT2D eigenvalue weighted by atomic mass is 16.4. The molecule has 4 spiro atoms. The minimum Gasteiger partial charge on any atom is -0.480 e. The second-order valence-electron chi connectivity index (χ2n) is 33.9. The highest BCUT2D eigenvalue weighted by Gasteiger charge is 2.48. The van der Waals surface area contributed by atoms with Crippen molar-refractivity contribution in [2.24, 2.45) is 17.8 Å². The molecule has 8 aliphatic rings. The van der Waals surface area contributed by atoms with Crippen LogP contribution in [0.1, 0.15) is 291 Å². The van der Waals surface area contributed by atoms with Crippen LogP contribution in [-0.2, 0) is 45.6 Å². The standard InChI is InChI=1S/C26H40N2O.C25H38N2O.C21H32N2O.C17H22N2O3.3H2/c1-20(2)8-7-9-21(3)13-17-28-18-15-26(16-19-28)14-12-25(27-22(4)29)23-10-5-6-11-24(23)26;1-19(2)8-7-9-20(3)12-15-27-16-13-25(14-17-27)18-24(26-21(4)28)22-10-5-6-11-23(22)25;1-16(2)9-13-23-14-11-21(12-15-23)10-8-20(22-17(3)24)18-6-4-5-7-19(18)21;1-12(20)18-15-10-17(14-5-3-2-4-13(14)15)6-8-19(9-7-17)11-16(21)22;;;/h5-6,8,10-11,21,25H,7,9,12-19H2,1-4H3,(H,27,29);5-6,8,10-11,20,24H,7,9,12-18H2,1-4H3,(H,26,28);4-7,16,20H,8-15H2,1-3H3,(H,22,24);2-5,15H,6-11H2,1H3,(H,18,20)(H,21,22);3*1H/t21?,25-;20?,24-;20-;15-;;;/m0000.../s1. The first-order valence-electron chi connectivity index (χ1n) is 40.1. The maximum Gasteiger partial charge on any atom is 0.317 e. The van der Waals surface area contributed by atoms with Gasteiger partial charge in [-0.05, 0) is 308 Å². The monoisotopic (exact) mass is 1420 g/mol. The van der Waals surface area contributed by atoms with Gasteiger partial charge in [-0.3, -0.25) is 28.9 Å². The minimum atomic E-state index is -0.765. The molecule has 12 rings (SSSR count). The summed E-state index contributed by atoms with van der Waals surface area (Å²) < 4.78 is 0. The number of benzene rings is 4. The summed E-state index contributed by atoms with van der Waals surface area (Å²) in [6, 6.07) is 35.5. The number of carboxylic acids is 1. The first-order valence-corrected chi connectivity index (χ1v) is 40.1. The summed E-state index contributed by atoms with van der Waals surface area (Å²) in [5.74, 6) is 1.85. The van der Waals surface area contributed by atoms with Gasteiger partial charge in [-0.1, -0.05) is 148 Å². The maximum atomic E-state index is 11.7. The Hall–Kier alpha value is -6.45. The number of carbonyl (C=O) groups is 5. The predicted octanol–water partition coefficient (Wildman–Crippen LogP) is 17.6. The Kier molecular flexibility index (Phi) is 29.5. The van der Waals surface area contributed by atoms with Gasteiger partial charge in [0, 0.05) is 42.8 Å². The lowest BCUT2D eigenvalue weighted by molar-refractivity contribution is -0.138. The molecule has 103 heavy (non-hydrogen) atoms. The van der Waals surface area contributed by atoms with Gasteiger partial charge in [0.2, 0.25) is 23.6 Å². The van der Waals surface area contributed by atoms with Crippen LogP contribution in [0.2, 0.25) is 0 Å². The van der Waals surface area contributed by atoms with Crippen molar-refractivity contribution in [1.82, 2.24) is 40.9 Å². The fourth-order valence-corrected chi connectivity index (χ4v) is 19.1. The largest absolute Gasteiger partial charge is 0.480 e. The normalized spacial score (nSPS) is 22.5. The number of aliphatic carboxylic acids is 1. The summed E-state index contributed by atoms with van der Waals surface area (Å²) in [6.45, 7) is 37.3. The second-order valence-corrected chi connectivity index (χ2v) is 33.9. The molecule has 2 unspecified atom stereocenters. The van der Waals surface area contributed by atoms with Crippen LogP contribution in [0.15, 0.2) is 120 Å². The van der Waals surface area contributed by atoms with Crippen LogP contribution in [0.3, 0.4) is 0 Å². The summed E-state index contributed by atoms with van der Waals surface area (Å²) in [5.41, 5.74) is 15.0. The van der Waals surface area contributed by atoms with E-state index in [1.165, 1.54) is 211 Å².